The van der Waals surface area contributed by atoms with Crippen molar-refractivity contribution in [1.82, 2.24) is 9.97 Å². The average molecular weight is 278 g/mol. The second-order valence-electron chi connectivity index (χ2n) is 5.29. The van der Waals surface area contributed by atoms with Crippen molar-refractivity contribution < 1.29 is 4.74 Å². The summed E-state index contributed by atoms with van der Waals surface area (Å²) >= 11 is 0. The van der Waals surface area contributed by atoms with E-state index in [1.54, 1.807) is 6.33 Å². The first-order valence-electron chi connectivity index (χ1n) is 7.74. The summed E-state index contributed by atoms with van der Waals surface area (Å²) in [6.07, 6.45) is 6.06. The third-order valence-corrected chi connectivity index (χ3v) is 3.65. The van der Waals surface area contributed by atoms with Gasteiger partial charge in [0.1, 0.15) is 18.0 Å². The molecule has 1 fully saturated rings. The molecule has 2 heterocycles. The third-order valence-electron chi connectivity index (χ3n) is 3.65. The molecule has 5 heteroatoms. The van der Waals surface area contributed by atoms with Gasteiger partial charge in [-0.05, 0) is 31.6 Å². The number of hydrogen-bond donors (Lipinski definition) is 2. The summed E-state index contributed by atoms with van der Waals surface area (Å²) < 4.78 is 5.52. The quantitative estimate of drug-likeness (QED) is 0.803. The summed E-state index contributed by atoms with van der Waals surface area (Å²) in [4.78, 5) is 8.76. The lowest BCUT2D eigenvalue weighted by molar-refractivity contribution is 0.0595. The predicted molar refractivity (Wildman–Crippen MR) is 82.2 cm³/mol. The minimum atomic E-state index is 0.593. The van der Waals surface area contributed by atoms with E-state index in [1.165, 1.54) is 18.4 Å². The molecule has 1 saturated heterocycles. The van der Waals surface area contributed by atoms with Crippen LogP contribution in [0.4, 0.5) is 11.6 Å². The molecule has 2 rings (SSSR count). The van der Waals surface area contributed by atoms with Crippen LogP contribution in [0.2, 0.25) is 0 Å². The number of rotatable bonds is 7. The van der Waals surface area contributed by atoms with Crippen molar-refractivity contribution >= 4 is 11.6 Å². The Morgan fingerprint density at radius 2 is 2.05 bits per heavy atom. The van der Waals surface area contributed by atoms with Crippen LogP contribution in [-0.4, -0.2) is 36.3 Å². The standard InChI is InChI=1S/C15H26N4O/c1-3-7-16-14-13(4-2)15(19-11-18-14)17-9-12-6-5-8-20-10-12/h11-12H,3-10H2,1-2H3,(H2,16,17,18,19). The van der Waals surface area contributed by atoms with Crippen molar-refractivity contribution in [2.45, 2.75) is 39.5 Å². The van der Waals surface area contributed by atoms with Crippen molar-refractivity contribution in [3.8, 4) is 0 Å². The van der Waals surface area contributed by atoms with Gasteiger partial charge >= 0.3 is 0 Å². The molecule has 1 atom stereocenters. The third kappa shape index (κ3) is 4.07. The first kappa shape index (κ1) is 15.0. The van der Waals surface area contributed by atoms with E-state index in [1.807, 2.05) is 0 Å². The van der Waals surface area contributed by atoms with Crippen molar-refractivity contribution in [3.63, 3.8) is 0 Å². The van der Waals surface area contributed by atoms with Crippen molar-refractivity contribution in [2.75, 3.05) is 36.9 Å². The van der Waals surface area contributed by atoms with Gasteiger partial charge in [0.15, 0.2) is 0 Å². The Hall–Kier alpha value is -1.36. The van der Waals surface area contributed by atoms with Crippen LogP contribution in [0.3, 0.4) is 0 Å². The van der Waals surface area contributed by atoms with E-state index in [2.05, 4.69) is 34.4 Å². The molecule has 0 amide bonds. The monoisotopic (exact) mass is 278 g/mol. The van der Waals surface area contributed by atoms with Gasteiger partial charge in [-0.25, -0.2) is 9.97 Å². The van der Waals surface area contributed by atoms with Crippen LogP contribution < -0.4 is 10.6 Å². The van der Waals surface area contributed by atoms with Gasteiger partial charge in [-0.2, -0.15) is 0 Å². The zero-order chi connectivity index (χ0) is 14.2. The number of ether oxygens (including phenoxy) is 1. The van der Waals surface area contributed by atoms with Gasteiger partial charge in [0.2, 0.25) is 0 Å². The fourth-order valence-electron chi connectivity index (χ4n) is 2.50. The molecule has 0 saturated carbocycles. The van der Waals surface area contributed by atoms with Gasteiger partial charge in [0.05, 0.1) is 6.61 Å². The second kappa shape index (κ2) is 8.04. The number of anilines is 2. The van der Waals surface area contributed by atoms with Crippen LogP contribution >= 0.6 is 0 Å². The fraction of sp³-hybridized carbons (Fsp3) is 0.733. The molecule has 20 heavy (non-hydrogen) atoms. The van der Waals surface area contributed by atoms with Gasteiger partial charge in [-0.15, -0.1) is 0 Å². The van der Waals surface area contributed by atoms with Crippen LogP contribution in [0, 0.1) is 5.92 Å². The van der Waals surface area contributed by atoms with Crippen molar-refractivity contribution in [2.24, 2.45) is 5.92 Å². The zero-order valence-electron chi connectivity index (χ0n) is 12.6. The maximum absolute atomic E-state index is 5.52. The predicted octanol–water partition coefficient (Wildman–Crippen LogP) is 2.70. The van der Waals surface area contributed by atoms with E-state index < -0.39 is 0 Å². The first-order valence-corrected chi connectivity index (χ1v) is 7.74. The van der Waals surface area contributed by atoms with Gasteiger partial charge < -0.3 is 15.4 Å². The van der Waals surface area contributed by atoms with Crippen molar-refractivity contribution in [1.29, 1.82) is 0 Å². The molecule has 0 radical (unpaired) electrons. The van der Waals surface area contributed by atoms with Gasteiger partial charge in [0.25, 0.3) is 0 Å². The van der Waals surface area contributed by atoms with Crippen LogP contribution in [-0.2, 0) is 11.2 Å². The molecule has 1 aliphatic heterocycles. The Bertz CT molecular complexity index is 405. The SMILES string of the molecule is CCCNc1ncnc(NCC2CCCOC2)c1CC. The van der Waals surface area contributed by atoms with E-state index in [0.717, 1.165) is 50.8 Å². The average Bonchev–Trinajstić information content (AvgIpc) is 2.51. The summed E-state index contributed by atoms with van der Waals surface area (Å²) in [5.74, 6) is 2.52. The zero-order valence-corrected chi connectivity index (χ0v) is 12.6. The number of nitrogens with one attached hydrogen (secondary N) is 2. The molecule has 1 aromatic rings. The smallest absolute Gasteiger partial charge is 0.134 e. The molecule has 0 aromatic carbocycles. The Morgan fingerprint density at radius 1 is 1.25 bits per heavy atom. The molecule has 0 spiro atoms. The van der Waals surface area contributed by atoms with Gasteiger partial charge in [-0.3, -0.25) is 0 Å². The summed E-state index contributed by atoms with van der Waals surface area (Å²) in [6, 6.07) is 0. The molecule has 112 valence electrons. The Kier molecular flexibility index (Phi) is 6.05. The summed E-state index contributed by atoms with van der Waals surface area (Å²) in [6.45, 7) is 7.94. The maximum Gasteiger partial charge on any atom is 0.134 e. The van der Waals surface area contributed by atoms with Gasteiger partial charge in [0, 0.05) is 25.3 Å². The largest absolute Gasteiger partial charge is 0.381 e. The normalized spacial score (nSPS) is 18.8. The van der Waals surface area contributed by atoms with Crippen molar-refractivity contribution in [3.05, 3.63) is 11.9 Å². The van der Waals surface area contributed by atoms with E-state index in [-0.39, 0.29) is 0 Å². The molecule has 2 N–H and O–H groups in total. The molecule has 0 aliphatic carbocycles. The molecule has 1 unspecified atom stereocenters. The van der Waals surface area contributed by atoms with E-state index >= 15 is 0 Å². The molecular formula is C15H26N4O. The lowest BCUT2D eigenvalue weighted by Gasteiger charge is -2.23. The molecular weight excluding hydrogens is 252 g/mol. The molecule has 0 bridgehead atoms. The summed E-state index contributed by atoms with van der Waals surface area (Å²) in [5.41, 5.74) is 1.18. The van der Waals surface area contributed by atoms with E-state index in [9.17, 15) is 0 Å². The van der Waals surface area contributed by atoms with Crippen LogP contribution in [0.5, 0.6) is 0 Å². The molecule has 1 aliphatic rings. The highest BCUT2D eigenvalue weighted by atomic mass is 16.5. The molecule has 1 aromatic heterocycles. The second-order valence-corrected chi connectivity index (χ2v) is 5.29. The maximum atomic E-state index is 5.52. The summed E-state index contributed by atoms with van der Waals surface area (Å²) in [7, 11) is 0. The van der Waals surface area contributed by atoms with E-state index in [4.69, 9.17) is 4.74 Å². The topological polar surface area (TPSA) is 59.1 Å². The lowest BCUT2D eigenvalue weighted by Crippen LogP contribution is -2.25. The Labute approximate surface area is 121 Å². The molecule has 5 nitrogen and oxygen atoms in total. The number of aromatic nitrogens is 2. The highest BCUT2D eigenvalue weighted by Gasteiger charge is 2.15. The number of hydrogen-bond acceptors (Lipinski definition) is 5. The first-order chi connectivity index (χ1) is 9.85. The van der Waals surface area contributed by atoms with Crippen LogP contribution in [0.15, 0.2) is 6.33 Å². The Morgan fingerprint density at radius 3 is 2.70 bits per heavy atom. The summed E-state index contributed by atoms with van der Waals surface area (Å²) in [5, 5.41) is 6.86. The van der Waals surface area contributed by atoms with Gasteiger partial charge in [-0.1, -0.05) is 13.8 Å². The number of nitrogens with zero attached hydrogens (tertiary/aromatic N) is 2. The lowest BCUT2D eigenvalue weighted by atomic mass is 10.0. The highest BCUT2D eigenvalue weighted by Crippen LogP contribution is 2.21. The Balaban J connectivity index is 1.98. The van der Waals surface area contributed by atoms with Crippen LogP contribution in [0.1, 0.15) is 38.7 Å². The van der Waals surface area contributed by atoms with E-state index in [0.29, 0.717) is 5.92 Å². The minimum Gasteiger partial charge on any atom is -0.381 e. The highest BCUT2D eigenvalue weighted by molar-refractivity contribution is 5.57. The fourth-order valence-corrected chi connectivity index (χ4v) is 2.50. The minimum absolute atomic E-state index is 0.593. The van der Waals surface area contributed by atoms with Crippen LogP contribution in [0.25, 0.3) is 0 Å².